The summed E-state index contributed by atoms with van der Waals surface area (Å²) < 4.78 is 0. The lowest BCUT2D eigenvalue weighted by molar-refractivity contribution is 0.472. The summed E-state index contributed by atoms with van der Waals surface area (Å²) in [5.41, 5.74) is 6.42. The molecule has 25 heavy (non-hydrogen) atoms. The average Bonchev–Trinajstić information content (AvgIpc) is 2.56. The molecule has 134 valence electrons. The molecule has 3 rings (SSSR count). The van der Waals surface area contributed by atoms with Crippen LogP contribution < -0.4 is 15.5 Å². The van der Waals surface area contributed by atoms with Gasteiger partial charge in [0.05, 0.1) is 10.7 Å². The van der Waals surface area contributed by atoms with Crippen LogP contribution in [0.15, 0.2) is 18.2 Å². The van der Waals surface area contributed by atoms with Gasteiger partial charge in [-0.3, -0.25) is 0 Å². The van der Waals surface area contributed by atoms with Crippen LogP contribution in [0.25, 0.3) is 0 Å². The Bertz CT molecular complexity index is 768. The quantitative estimate of drug-likeness (QED) is 0.847. The van der Waals surface area contributed by atoms with Crippen LogP contribution in [0.1, 0.15) is 26.6 Å². The monoisotopic (exact) mass is 362 g/mol. The Kier molecular flexibility index (Phi) is 4.60. The molecule has 0 spiro atoms. The van der Waals surface area contributed by atoms with Gasteiger partial charge in [-0.1, -0.05) is 38.4 Å². The number of nitrogen functional groups attached to an aromatic ring is 1. The largest absolute Gasteiger partial charge is 0.504 e. The van der Waals surface area contributed by atoms with Crippen molar-refractivity contribution in [2.24, 2.45) is 0 Å². The Balaban J connectivity index is 1.77. The van der Waals surface area contributed by atoms with Gasteiger partial charge in [0.15, 0.2) is 5.75 Å². The molecule has 0 bridgehead atoms. The number of piperazine rings is 1. The second-order valence-corrected chi connectivity index (χ2v) is 7.56. The fourth-order valence-electron chi connectivity index (χ4n) is 2.76. The minimum atomic E-state index is -0.194. The number of phenolic OH excluding ortho intramolecular Hbond substituents is 1. The highest BCUT2D eigenvalue weighted by atomic mass is 35.5. The normalized spacial score (nSPS) is 15.5. The Labute approximate surface area is 152 Å². The van der Waals surface area contributed by atoms with Crippen molar-refractivity contribution in [1.29, 1.82) is 0 Å². The van der Waals surface area contributed by atoms with Gasteiger partial charge in [-0.2, -0.15) is 15.0 Å². The zero-order valence-corrected chi connectivity index (χ0v) is 15.5. The van der Waals surface area contributed by atoms with Gasteiger partial charge in [0.1, 0.15) is 5.82 Å². The summed E-state index contributed by atoms with van der Waals surface area (Å²) >= 11 is 6.01. The molecular weight excluding hydrogens is 340 g/mol. The molecule has 0 amide bonds. The molecule has 0 saturated carbocycles. The molecule has 2 aromatic rings. The number of nitrogens with zero attached hydrogens (tertiary/aromatic N) is 5. The highest BCUT2D eigenvalue weighted by Gasteiger charge is 2.25. The maximum absolute atomic E-state index is 10.2. The summed E-state index contributed by atoms with van der Waals surface area (Å²) in [6, 6.07) is 5.39. The van der Waals surface area contributed by atoms with Gasteiger partial charge in [-0.25, -0.2) is 0 Å². The van der Waals surface area contributed by atoms with Crippen molar-refractivity contribution in [2.45, 2.75) is 26.2 Å². The van der Waals surface area contributed by atoms with Gasteiger partial charge in [0.25, 0.3) is 0 Å². The van der Waals surface area contributed by atoms with Crippen LogP contribution in [0, 0.1) is 0 Å². The first-order valence-electron chi connectivity index (χ1n) is 8.25. The Morgan fingerprint density at radius 3 is 2.32 bits per heavy atom. The highest BCUT2D eigenvalue weighted by Crippen LogP contribution is 2.34. The van der Waals surface area contributed by atoms with E-state index >= 15 is 0 Å². The van der Waals surface area contributed by atoms with E-state index in [1.54, 1.807) is 6.07 Å². The van der Waals surface area contributed by atoms with Crippen molar-refractivity contribution >= 4 is 29.2 Å². The molecule has 1 aliphatic heterocycles. The van der Waals surface area contributed by atoms with Crippen molar-refractivity contribution < 1.29 is 5.11 Å². The molecule has 1 aliphatic rings. The summed E-state index contributed by atoms with van der Waals surface area (Å²) in [6.07, 6.45) is 0. The topological polar surface area (TPSA) is 91.4 Å². The standard InChI is InChI=1S/C17H23ClN6O/c1-17(2,3)14-20-15(19)22-16(21-14)24-9-7-23(8-10-24)12-6-4-5-11(18)13(12)25/h4-6,25H,7-10H2,1-3H3,(H2,19,20,21,22). The molecule has 0 atom stereocenters. The lowest BCUT2D eigenvalue weighted by atomic mass is 9.96. The van der Waals surface area contributed by atoms with E-state index in [1.165, 1.54) is 0 Å². The van der Waals surface area contributed by atoms with E-state index in [4.69, 9.17) is 17.3 Å². The molecule has 2 heterocycles. The smallest absolute Gasteiger partial charge is 0.230 e. The van der Waals surface area contributed by atoms with Gasteiger partial charge in [-0.05, 0) is 12.1 Å². The second-order valence-electron chi connectivity index (χ2n) is 7.15. The van der Waals surface area contributed by atoms with E-state index in [2.05, 4.69) is 24.8 Å². The molecule has 1 saturated heterocycles. The molecule has 8 heteroatoms. The maximum atomic E-state index is 10.2. The highest BCUT2D eigenvalue weighted by molar-refractivity contribution is 6.32. The number of aromatic hydroxyl groups is 1. The number of para-hydroxylation sites is 1. The molecule has 1 fully saturated rings. The van der Waals surface area contributed by atoms with Gasteiger partial charge in [0.2, 0.25) is 11.9 Å². The number of phenols is 1. The molecule has 1 aromatic heterocycles. The number of hydrogen-bond acceptors (Lipinski definition) is 7. The van der Waals surface area contributed by atoms with Gasteiger partial charge in [-0.15, -0.1) is 0 Å². The fraction of sp³-hybridized carbons (Fsp3) is 0.471. The molecule has 3 N–H and O–H groups in total. The molecule has 0 aliphatic carbocycles. The minimum absolute atomic E-state index is 0.122. The molecule has 1 aromatic carbocycles. The number of aromatic nitrogens is 3. The zero-order valence-electron chi connectivity index (χ0n) is 14.7. The van der Waals surface area contributed by atoms with Gasteiger partial charge < -0.3 is 20.6 Å². The number of hydrogen-bond donors (Lipinski definition) is 2. The van der Waals surface area contributed by atoms with Crippen molar-refractivity contribution in [3.8, 4) is 5.75 Å². The summed E-state index contributed by atoms with van der Waals surface area (Å²) in [4.78, 5) is 17.3. The number of nitrogens with two attached hydrogens (primary N) is 1. The number of halogens is 1. The Morgan fingerprint density at radius 1 is 1.04 bits per heavy atom. The SMILES string of the molecule is CC(C)(C)c1nc(N)nc(N2CCN(c3cccc(Cl)c3O)CC2)n1. The van der Waals surface area contributed by atoms with E-state index in [0.717, 1.165) is 31.9 Å². The molecule has 7 nitrogen and oxygen atoms in total. The predicted molar refractivity (Wildman–Crippen MR) is 100 cm³/mol. The maximum Gasteiger partial charge on any atom is 0.230 e. The third-order valence-electron chi connectivity index (χ3n) is 4.18. The van der Waals surface area contributed by atoms with E-state index in [-0.39, 0.29) is 17.1 Å². The summed E-state index contributed by atoms with van der Waals surface area (Å²) in [6.45, 7) is 9.04. The average molecular weight is 363 g/mol. The molecule has 0 unspecified atom stereocenters. The Morgan fingerprint density at radius 2 is 1.68 bits per heavy atom. The third-order valence-corrected chi connectivity index (χ3v) is 4.49. The Hall–Kier alpha value is -2.28. The van der Waals surface area contributed by atoms with Crippen LogP contribution in [0.2, 0.25) is 5.02 Å². The first-order chi connectivity index (χ1) is 11.8. The molecule has 0 radical (unpaired) electrons. The van der Waals surface area contributed by atoms with E-state index in [9.17, 15) is 5.11 Å². The van der Waals surface area contributed by atoms with Crippen LogP contribution in [0.3, 0.4) is 0 Å². The lowest BCUT2D eigenvalue weighted by Gasteiger charge is -2.36. The second kappa shape index (κ2) is 6.55. The summed E-state index contributed by atoms with van der Waals surface area (Å²) in [7, 11) is 0. The van der Waals surface area contributed by atoms with Crippen LogP contribution in [0.4, 0.5) is 17.6 Å². The van der Waals surface area contributed by atoms with E-state index in [0.29, 0.717) is 16.8 Å². The lowest BCUT2D eigenvalue weighted by Crippen LogP contribution is -2.47. The van der Waals surface area contributed by atoms with Crippen LogP contribution >= 0.6 is 11.6 Å². The number of benzene rings is 1. The van der Waals surface area contributed by atoms with Crippen molar-refractivity contribution in [3.05, 3.63) is 29.0 Å². The zero-order chi connectivity index (χ0) is 18.2. The van der Waals surface area contributed by atoms with E-state index < -0.39 is 0 Å². The summed E-state index contributed by atoms with van der Waals surface area (Å²) in [5, 5.41) is 10.5. The van der Waals surface area contributed by atoms with Crippen LogP contribution in [0.5, 0.6) is 5.75 Å². The number of rotatable bonds is 2. The van der Waals surface area contributed by atoms with Crippen molar-refractivity contribution in [3.63, 3.8) is 0 Å². The number of anilines is 3. The van der Waals surface area contributed by atoms with E-state index in [1.807, 2.05) is 32.9 Å². The van der Waals surface area contributed by atoms with Gasteiger partial charge >= 0.3 is 0 Å². The molecular formula is C17H23ClN6O. The van der Waals surface area contributed by atoms with Gasteiger partial charge in [0, 0.05) is 31.6 Å². The van der Waals surface area contributed by atoms with Crippen LogP contribution in [-0.2, 0) is 5.41 Å². The first kappa shape index (κ1) is 17.5. The minimum Gasteiger partial charge on any atom is -0.504 e. The summed E-state index contributed by atoms with van der Waals surface area (Å²) in [5.74, 6) is 1.65. The van der Waals surface area contributed by atoms with Crippen molar-refractivity contribution in [2.75, 3.05) is 41.7 Å². The van der Waals surface area contributed by atoms with Crippen LogP contribution in [-0.4, -0.2) is 46.2 Å². The predicted octanol–water partition coefficient (Wildman–Crippen LogP) is 2.44. The van der Waals surface area contributed by atoms with Crippen molar-refractivity contribution in [1.82, 2.24) is 15.0 Å². The fourth-order valence-corrected chi connectivity index (χ4v) is 2.93. The third kappa shape index (κ3) is 3.71. The first-order valence-corrected chi connectivity index (χ1v) is 8.63.